The highest BCUT2D eigenvalue weighted by Crippen LogP contribution is 1.90. The average molecular weight is 154 g/mol. The van der Waals surface area contributed by atoms with Gasteiger partial charge in [0.25, 0.3) is 0 Å². The Hall–Kier alpha value is -1.16. The van der Waals surface area contributed by atoms with Gasteiger partial charge in [0.2, 0.25) is 5.43 Å². The second kappa shape index (κ2) is 2.84. The van der Waals surface area contributed by atoms with Crippen molar-refractivity contribution in [1.82, 2.24) is 9.78 Å². The quantitative estimate of drug-likeness (QED) is 0.597. The van der Waals surface area contributed by atoms with Crippen LogP contribution in [0.1, 0.15) is 11.4 Å². The van der Waals surface area contributed by atoms with E-state index in [2.05, 4.69) is 5.10 Å². The number of rotatable bonds is 1. The van der Waals surface area contributed by atoms with Crippen molar-refractivity contribution in [2.75, 3.05) is 0 Å². The third kappa shape index (κ3) is 1.46. The molecular formula is C7H10N2O2. The lowest BCUT2D eigenvalue weighted by molar-refractivity contribution is 0.272. The second-order valence-electron chi connectivity index (χ2n) is 2.38. The van der Waals surface area contributed by atoms with Gasteiger partial charge in [0.15, 0.2) is 0 Å². The smallest absolute Gasteiger partial charge is 0.206 e. The predicted molar refractivity (Wildman–Crippen MR) is 40.1 cm³/mol. The van der Waals surface area contributed by atoms with Gasteiger partial charge in [-0.1, -0.05) is 0 Å². The maximum absolute atomic E-state index is 11.0. The highest BCUT2D eigenvalue weighted by atomic mass is 16.3. The maximum Gasteiger partial charge on any atom is 0.206 e. The normalized spacial score (nSPS) is 10.1. The molecule has 0 bridgehead atoms. The third-order valence-corrected chi connectivity index (χ3v) is 1.56. The van der Waals surface area contributed by atoms with Crippen molar-refractivity contribution in [1.29, 1.82) is 0 Å². The molecule has 1 aromatic rings. The van der Waals surface area contributed by atoms with Crippen molar-refractivity contribution in [3.63, 3.8) is 0 Å². The molecule has 60 valence electrons. The van der Waals surface area contributed by atoms with E-state index >= 15 is 0 Å². The average Bonchev–Trinajstić information content (AvgIpc) is 1.97. The Bertz CT molecular complexity index is 317. The van der Waals surface area contributed by atoms with E-state index in [-0.39, 0.29) is 17.7 Å². The van der Waals surface area contributed by atoms with E-state index in [1.54, 1.807) is 18.7 Å². The van der Waals surface area contributed by atoms with E-state index in [4.69, 9.17) is 5.11 Å². The summed E-state index contributed by atoms with van der Waals surface area (Å²) in [5.74, 6) is 0. The first-order valence-corrected chi connectivity index (χ1v) is 3.30. The van der Waals surface area contributed by atoms with Crippen LogP contribution in [0.2, 0.25) is 0 Å². The standard InChI is InChI=1S/C7H10N2O2/c1-5-3-7(11)6(4-10)8-9(5)2/h3,10H,4H2,1-2H3. The molecule has 1 N–H and O–H groups in total. The van der Waals surface area contributed by atoms with E-state index in [0.29, 0.717) is 0 Å². The lowest BCUT2D eigenvalue weighted by Gasteiger charge is -2.02. The first-order chi connectivity index (χ1) is 5.15. The van der Waals surface area contributed by atoms with Crippen LogP contribution in [0, 0.1) is 6.92 Å². The molecule has 0 aliphatic heterocycles. The van der Waals surface area contributed by atoms with E-state index in [0.717, 1.165) is 5.69 Å². The van der Waals surface area contributed by atoms with E-state index in [9.17, 15) is 4.79 Å². The summed E-state index contributed by atoms with van der Waals surface area (Å²) in [6.45, 7) is 1.49. The van der Waals surface area contributed by atoms with Crippen LogP contribution in [-0.2, 0) is 13.7 Å². The van der Waals surface area contributed by atoms with Crippen LogP contribution in [0.5, 0.6) is 0 Å². The summed E-state index contributed by atoms with van der Waals surface area (Å²) in [4.78, 5) is 11.0. The second-order valence-corrected chi connectivity index (χ2v) is 2.38. The van der Waals surface area contributed by atoms with Crippen LogP contribution in [0.3, 0.4) is 0 Å². The molecule has 11 heavy (non-hydrogen) atoms. The predicted octanol–water partition coefficient (Wildman–Crippen LogP) is -0.419. The third-order valence-electron chi connectivity index (χ3n) is 1.56. The zero-order valence-electron chi connectivity index (χ0n) is 6.53. The number of aryl methyl sites for hydroxylation is 2. The number of aromatic nitrogens is 2. The van der Waals surface area contributed by atoms with Gasteiger partial charge in [0.05, 0.1) is 6.61 Å². The Morgan fingerprint density at radius 1 is 1.73 bits per heavy atom. The molecule has 0 fully saturated rings. The van der Waals surface area contributed by atoms with E-state index in [1.807, 2.05) is 0 Å². The largest absolute Gasteiger partial charge is 0.390 e. The minimum Gasteiger partial charge on any atom is -0.390 e. The zero-order chi connectivity index (χ0) is 8.43. The van der Waals surface area contributed by atoms with Crippen molar-refractivity contribution in [2.24, 2.45) is 7.05 Å². The molecule has 0 radical (unpaired) electrons. The van der Waals surface area contributed by atoms with Gasteiger partial charge in [-0.05, 0) is 6.92 Å². The molecule has 1 rings (SSSR count). The first kappa shape index (κ1) is 7.94. The summed E-state index contributed by atoms with van der Waals surface area (Å²) < 4.78 is 1.56. The maximum atomic E-state index is 11.0. The summed E-state index contributed by atoms with van der Waals surface area (Å²) in [7, 11) is 1.73. The highest BCUT2D eigenvalue weighted by molar-refractivity contribution is 5.06. The number of aliphatic hydroxyl groups excluding tert-OH is 1. The van der Waals surface area contributed by atoms with E-state index < -0.39 is 0 Å². The van der Waals surface area contributed by atoms with Crippen LogP contribution in [0.4, 0.5) is 0 Å². The Labute approximate surface area is 64.1 Å². The summed E-state index contributed by atoms with van der Waals surface area (Å²) in [6, 6.07) is 1.46. The molecule has 0 saturated heterocycles. The van der Waals surface area contributed by atoms with E-state index in [1.165, 1.54) is 6.07 Å². The van der Waals surface area contributed by atoms with Gasteiger partial charge in [-0.15, -0.1) is 0 Å². The molecule has 4 heteroatoms. The van der Waals surface area contributed by atoms with Crippen molar-refractivity contribution in [2.45, 2.75) is 13.5 Å². The van der Waals surface area contributed by atoms with Gasteiger partial charge in [-0.25, -0.2) is 0 Å². The topological polar surface area (TPSA) is 55.1 Å². The minimum absolute atomic E-state index is 0.193. The van der Waals surface area contributed by atoms with Crippen LogP contribution in [-0.4, -0.2) is 14.9 Å². The molecule has 0 aliphatic carbocycles. The number of hydrogen-bond donors (Lipinski definition) is 1. The molecule has 0 spiro atoms. The Morgan fingerprint density at radius 3 is 2.91 bits per heavy atom. The van der Waals surface area contributed by atoms with Crippen LogP contribution in [0.15, 0.2) is 10.9 Å². The van der Waals surface area contributed by atoms with Gasteiger partial charge >= 0.3 is 0 Å². The van der Waals surface area contributed by atoms with Crippen LogP contribution >= 0.6 is 0 Å². The van der Waals surface area contributed by atoms with Gasteiger partial charge in [0, 0.05) is 18.8 Å². The SMILES string of the molecule is Cc1cc(=O)c(CO)nn1C. The van der Waals surface area contributed by atoms with Crippen molar-refractivity contribution >= 4 is 0 Å². The summed E-state index contributed by atoms with van der Waals surface area (Å²) in [6.07, 6.45) is 0. The van der Waals surface area contributed by atoms with Crippen molar-refractivity contribution < 1.29 is 5.11 Å². The van der Waals surface area contributed by atoms with Gasteiger partial charge in [-0.2, -0.15) is 5.10 Å². The molecule has 1 heterocycles. The van der Waals surface area contributed by atoms with Crippen LogP contribution < -0.4 is 5.43 Å². The molecule has 0 amide bonds. The van der Waals surface area contributed by atoms with Gasteiger partial charge in [-0.3, -0.25) is 9.48 Å². The summed E-state index contributed by atoms with van der Waals surface area (Å²) in [5, 5.41) is 12.5. The molecule has 0 unspecified atom stereocenters. The minimum atomic E-state index is -0.299. The monoisotopic (exact) mass is 154 g/mol. The fourth-order valence-corrected chi connectivity index (χ4v) is 0.785. The Balaban J connectivity index is 3.32. The van der Waals surface area contributed by atoms with Crippen molar-refractivity contribution in [3.8, 4) is 0 Å². The first-order valence-electron chi connectivity index (χ1n) is 3.30. The lowest BCUT2D eigenvalue weighted by Crippen LogP contribution is -2.17. The van der Waals surface area contributed by atoms with Crippen LogP contribution in [0.25, 0.3) is 0 Å². The zero-order valence-corrected chi connectivity index (χ0v) is 6.53. The number of nitrogens with zero attached hydrogens (tertiary/aromatic N) is 2. The molecule has 0 aromatic carbocycles. The number of hydrogen-bond acceptors (Lipinski definition) is 3. The highest BCUT2D eigenvalue weighted by Gasteiger charge is 2.00. The fraction of sp³-hybridized carbons (Fsp3) is 0.429. The van der Waals surface area contributed by atoms with Gasteiger partial charge < -0.3 is 5.11 Å². The van der Waals surface area contributed by atoms with Crippen molar-refractivity contribution in [3.05, 3.63) is 27.7 Å². The molecule has 4 nitrogen and oxygen atoms in total. The molecule has 1 aromatic heterocycles. The molecule has 0 aliphatic rings. The number of aliphatic hydroxyl groups is 1. The van der Waals surface area contributed by atoms with Gasteiger partial charge in [0.1, 0.15) is 5.69 Å². The molecule has 0 atom stereocenters. The fourth-order valence-electron chi connectivity index (χ4n) is 0.785. The summed E-state index contributed by atoms with van der Waals surface area (Å²) in [5.41, 5.74) is 0.772. The Kier molecular flexibility index (Phi) is 2.05. The lowest BCUT2D eigenvalue weighted by atomic mass is 10.3. The Morgan fingerprint density at radius 2 is 2.36 bits per heavy atom. The molecular weight excluding hydrogens is 144 g/mol. The summed E-state index contributed by atoms with van der Waals surface area (Å²) >= 11 is 0. The molecule has 0 saturated carbocycles.